The van der Waals surface area contributed by atoms with Crippen molar-refractivity contribution in [1.82, 2.24) is 19.8 Å². The van der Waals surface area contributed by atoms with Crippen LogP contribution in [-0.2, 0) is 4.74 Å². The first-order chi connectivity index (χ1) is 20.4. The highest BCUT2D eigenvalue weighted by Gasteiger charge is 2.42. The number of alkyl halides is 2. The monoisotopic (exact) mass is 583 g/mol. The largest absolute Gasteiger partial charge is 0.435 e. The summed E-state index contributed by atoms with van der Waals surface area (Å²) in [6.45, 7) is -0.332. The van der Waals surface area contributed by atoms with Gasteiger partial charge in [-0.25, -0.2) is 4.98 Å². The van der Waals surface area contributed by atoms with Crippen molar-refractivity contribution >= 4 is 11.6 Å². The fraction of sp³-hybridized carbons (Fsp3) is 0.484. The van der Waals surface area contributed by atoms with Crippen LogP contribution >= 0.6 is 0 Å². The van der Waals surface area contributed by atoms with Crippen LogP contribution in [0.5, 0.6) is 5.75 Å². The summed E-state index contributed by atoms with van der Waals surface area (Å²) in [6.07, 6.45) is 5.59. The molecule has 3 atom stereocenters. The van der Waals surface area contributed by atoms with E-state index in [0.717, 1.165) is 24.8 Å². The number of rotatable bonds is 11. The molecule has 3 aromatic rings. The molecule has 1 aromatic heterocycles. The number of ether oxygens (including phenoxy) is 2. The van der Waals surface area contributed by atoms with Crippen molar-refractivity contribution in [2.75, 3.05) is 45.2 Å². The van der Waals surface area contributed by atoms with Gasteiger partial charge in [0.2, 0.25) is 0 Å². The quantitative estimate of drug-likeness (QED) is 0.304. The third kappa shape index (κ3) is 6.74. The van der Waals surface area contributed by atoms with Gasteiger partial charge in [-0.15, -0.1) is 0 Å². The van der Waals surface area contributed by atoms with E-state index in [9.17, 15) is 18.7 Å². The minimum Gasteiger partial charge on any atom is -0.435 e. The Morgan fingerprint density at radius 1 is 1.21 bits per heavy atom. The van der Waals surface area contributed by atoms with E-state index in [1.807, 2.05) is 39.8 Å². The standard InChI is InChI=1S/C31H39F2N5O4/c1-41-20-31(40)14-6-5-12-26(31)38-21-36-27(28(38)22-8-3-2-4-9-22)29(39)37-17-16-34-19-24(37)13-15-35-23-10-7-11-25(18-23)42-30(32)33/h2-4,7-11,18,21,24,26,30,34-35,40H,5-6,12-17,19-20H2,1H3/t24-,26-,31-/m1/s1. The summed E-state index contributed by atoms with van der Waals surface area (Å²) in [5.74, 6) is -0.0666. The van der Waals surface area contributed by atoms with E-state index in [1.165, 1.54) is 12.1 Å². The van der Waals surface area contributed by atoms with Gasteiger partial charge in [0.25, 0.3) is 5.91 Å². The summed E-state index contributed by atoms with van der Waals surface area (Å²) < 4.78 is 37.1. The van der Waals surface area contributed by atoms with Crippen molar-refractivity contribution in [3.05, 3.63) is 66.6 Å². The Labute approximate surface area is 244 Å². The molecular weight excluding hydrogens is 544 g/mol. The molecule has 1 amide bonds. The molecule has 5 rings (SSSR count). The van der Waals surface area contributed by atoms with E-state index in [4.69, 9.17) is 4.74 Å². The number of benzene rings is 2. The average molecular weight is 584 g/mol. The highest BCUT2D eigenvalue weighted by Crippen LogP contribution is 2.41. The molecule has 0 unspecified atom stereocenters. The van der Waals surface area contributed by atoms with E-state index in [2.05, 4.69) is 20.4 Å². The number of anilines is 1. The number of carbonyl (C=O) groups excluding carboxylic acids is 1. The molecule has 2 aliphatic rings. The van der Waals surface area contributed by atoms with Crippen molar-refractivity contribution in [2.24, 2.45) is 0 Å². The lowest BCUT2D eigenvalue weighted by Gasteiger charge is -2.41. The number of aliphatic hydroxyl groups is 1. The fourth-order valence-electron chi connectivity index (χ4n) is 6.24. The van der Waals surface area contributed by atoms with Gasteiger partial charge in [0.15, 0.2) is 5.69 Å². The Hall–Kier alpha value is -3.54. The molecule has 1 saturated heterocycles. The zero-order chi connectivity index (χ0) is 29.5. The number of piperazine rings is 1. The van der Waals surface area contributed by atoms with Crippen LogP contribution in [0.4, 0.5) is 14.5 Å². The van der Waals surface area contributed by atoms with Gasteiger partial charge in [0.05, 0.1) is 24.7 Å². The maximum absolute atomic E-state index is 14.2. The van der Waals surface area contributed by atoms with Crippen LogP contribution in [-0.4, -0.2) is 83.6 Å². The highest BCUT2D eigenvalue weighted by molar-refractivity contribution is 5.98. The number of imidazole rings is 1. The highest BCUT2D eigenvalue weighted by atomic mass is 19.3. The zero-order valence-electron chi connectivity index (χ0n) is 23.8. The molecule has 11 heteroatoms. The molecule has 9 nitrogen and oxygen atoms in total. The molecule has 42 heavy (non-hydrogen) atoms. The third-order valence-corrected chi connectivity index (χ3v) is 8.21. The lowest BCUT2D eigenvalue weighted by Crippen LogP contribution is -2.54. The van der Waals surface area contributed by atoms with Crippen LogP contribution in [0.2, 0.25) is 0 Å². The van der Waals surface area contributed by atoms with Gasteiger partial charge in [0, 0.05) is 56.6 Å². The Kier molecular flexibility index (Phi) is 9.71. The van der Waals surface area contributed by atoms with Gasteiger partial charge in [0.1, 0.15) is 11.4 Å². The second-order valence-corrected chi connectivity index (χ2v) is 11.0. The van der Waals surface area contributed by atoms with Gasteiger partial charge >= 0.3 is 6.61 Å². The molecule has 1 aliphatic heterocycles. The Balaban J connectivity index is 1.38. The minimum atomic E-state index is -2.88. The summed E-state index contributed by atoms with van der Waals surface area (Å²) >= 11 is 0. The summed E-state index contributed by atoms with van der Waals surface area (Å²) in [5.41, 5.74) is 1.54. The van der Waals surface area contributed by atoms with Crippen LogP contribution in [0.15, 0.2) is 60.9 Å². The Morgan fingerprint density at radius 2 is 2.05 bits per heavy atom. The van der Waals surface area contributed by atoms with Gasteiger partial charge in [-0.1, -0.05) is 49.2 Å². The van der Waals surface area contributed by atoms with E-state index in [0.29, 0.717) is 56.1 Å². The summed E-state index contributed by atoms with van der Waals surface area (Å²) in [6, 6.07) is 15.8. The number of nitrogens with one attached hydrogen (secondary N) is 2. The summed E-state index contributed by atoms with van der Waals surface area (Å²) in [7, 11) is 1.60. The lowest BCUT2D eigenvalue weighted by atomic mass is 9.80. The van der Waals surface area contributed by atoms with E-state index in [1.54, 1.807) is 25.6 Å². The van der Waals surface area contributed by atoms with Gasteiger partial charge in [-0.05, 0) is 31.4 Å². The number of aromatic nitrogens is 2. The van der Waals surface area contributed by atoms with Crippen LogP contribution in [0.25, 0.3) is 11.3 Å². The normalized spacial score (nSPS) is 22.7. The van der Waals surface area contributed by atoms with Gasteiger partial charge in [-0.3, -0.25) is 4.79 Å². The number of hydrogen-bond donors (Lipinski definition) is 3. The second kappa shape index (κ2) is 13.6. The van der Waals surface area contributed by atoms with Crippen molar-refractivity contribution in [1.29, 1.82) is 0 Å². The van der Waals surface area contributed by atoms with E-state index < -0.39 is 12.2 Å². The number of carbonyl (C=O) groups is 1. The Bertz CT molecular complexity index is 1320. The maximum atomic E-state index is 14.2. The number of hydrogen-bond acceptors (Lipinski definition) is 7. The summed E-state index contributed by atoms with van der Waals surface area (Å²) in [5, 5.41) is 18.3. The molecule has 2 fully saturated rings. The van der Waals surface area contributed by atoms with Crippen LogP contribution < -0.4 is 15.4 Å². The number of amides is 1. The average Bonchev–Trinajstić information content (AvgIpc) is 3.42. The number of methoxy groups -OCH3 is 1. The molecule has 0 spiro atoms. The molecule has 0 radical (unpaired) electrons. The van der Waals surface area contributed by atoms with E-state index >= 15 is 0 Å². The molecule has 3 N–H and O–H groups in total. The molecule has 1 aliphatic carbocycles. The van der Waals surface area contributed by atoms with Crippen LogP contribution in [0.3, 0.4) is 0 Å². The van der Waals surface area contributed by atoms with Crippen LogP contribution in [0, 0.1) is 0 Å². The molecule has 2 aromatic carbocycles. The first-order valence-electron chi connectivity index (χ1n) is 14.5. The Morgan fingerprint density at radius 3 is 2.83 bits per heavy atom. The predicted octanol–water partition coefficient (Wildman–Crippen LogP) is 4.56. The van der Waals surface area contributed by atoms with Gasteiger partial charge < -0.3 is 34.7 Å². The zero-order valence-corrected chi connectivity index (χ0v) is 23.8. The minimum absolute atomic E-state index is 0.0885. The molecular formula is C31H39F2N5O4. The maximum Gasteiger partial charge on any atom is 0.387 e. The smallest absolute Gasteiger partial charge is 0.387 e. The van der Waals surface area contributed by atoms with Gasteiger partial charge in [-0.2, -0.15) is 8.78 Å². The van der Waals surface area contributed by atoms with Crippen molar-refractivity contribution in [2.45, 2.75) is 56.4 Å². The fourth-order valence-corrected chi connectivity index (χ4v) is 6.24. The topological polar surface area (TPSA) is 101 Å². The SMILES string of the molecule is COC[C@]1(O)CCCC[C@H]1n1cnc(C(=O)N2CCNC[C@H]2CCNc2cccc(OC(F)F)c2)c1-c1ccccc1. The molecule has 1 saturated carbocycles. The van der Waals surface area contributed by atoms with Crippen LogP contribution in [0.1, 0.15) is 48.6 Å². The molecule has 226 valence electrons. The lowest BCUT2D eigenvalue weighted by molar-refractivity contribution is -0.0893. The number of halogens is 2. The molecule has 2 heterocycles. The summed E-state index contributed by atoms with van der Waals surface area (Å²) in [4.78, 5) is 20.7. The first-order valence-corrected chi connectivity index (χ1v) is 14.5. The second-order valence-electron chi connectivity index (χ2n) is 11.0. The predicted molar refractivity (Wildman–Crippen MR) is 156 cm³/mol. The van der Waals surface area contributed by atoms with E-state index in [-0.39, 0.29) is 30.3 Å². The van der Waals surface area contributed by atoms with Crippen molar-refractivity contribution in [3.8, 4) is 17.0 Å². The third-order valence-electron chi connectivity index (χ3n) is 8.21. The number of nitrogens with zero attached hydrogens (tertiary/aromatic N) is 3. The van der Waals surface area contributed by atoms with Crippen molar-refractivity contribution < 1.29 is 28.2 Å². The molecule has 0 bridgehead atoms. The first kappa shape index (κ1) is 29.9. The van der Waals surface area contributed by atoms with Crippen molar-refractivity contribution in [3.63, 3.8) is 0 Å².